The summed E-state index contributed by atoms with van der Waals surface area (Å²) in [5.41, 5.74) is -0.402. The second kappa shape index (κ2) is 8.05. The summed E-state index contributed by atoms with van der Waals surface area (Å²) < 4.78 is 6.16. The molecule has 7 nitrogen and oxygen atoms in total. The predicted octanol–water partition coefficient (Wildman–Crippen LogP) is 2.35. The summed E-state index contributed by atoms with van der Waals surface area (Å²) in [7, 11) is 0. The van der Waals surface area contributed by atoms with Gasteiger partial charge in [-0.1, -0.05) is 31.4 Å². The maximum absolute atomic E-state index is 12.8. The summed E-state index contributed by atoms with van der Waals surface area (Å²) in [6.45, 7) is 2.14. The van der Waals surface area contributed by atoms with E-state index >= 15 is 0 Å². The van der Waals surface area contributed by atoms with Gasteiger partial charge in [-0.15, -0.1) is 0 Å². The number of hydrogen-bond acceptors (Lipinski definition) is 4. The molecule has 29 heavy (non-hydrogen) atoms. The maximum Gasteiger partial charge on any atom is 0.258 e. The van der Waals surface area contributed by atoms with Crippen LogP contribution in [0, 0.1) is 0 Å². The van der Waals surface area contributed by atoms with Crippen molar-refractivity contribution in [1.29, 1.82) is 0 Å². The Balaban J connectivity index is 1.43. The summed E-state index contributed by atoms with van der Waals surface area (Å²) in [5, 5.41) is 6.08. The molecule has 0 bridgehead atoms. The molecule has 1 aromatic rings. The highest BCUT2D eigenvalue weighted by molar-refractivity contribution is 5.98. The Morgan fingerprint density at radius 3 is 2.76 bits per heavy atom. The normalized spacial score (nSPS) is 26.2. The van der Waals surface area contributed by atoms with Crippen LogP contribution < -0.4 is 15.4 Å². The summed E-state index contributed by atoms with van der Waals surface area (Å²) in [6.07, 6.45) is 6.59. The molecule has 156 valence electrons. The number of carbonyl (C=O) groups excluding carboxylic acids is 3. The van der Waals surface area contributed by atoms with Gasteiger partial charge >= 0.3 is 0 Å². The third-order valence-electron chi connectivity index (χ3n) is 6.40. The average molecular weight is 399 g/mol. The van der Waals surface area contributed by atoms with E-state index in [0.29, 0.717) is 30.7 Å². The van der Waals surface area contributed by atoms with Gasteiger partial charge in [0.15, 0.2) is 5.72 Å². The molecule has 1 saturated heterocycles. The SMILES string of the molecule is C[C@H](C(=O)NC1CCCCC1)N1CC[C@@]2(CCC1=O)NC(=O)c1ccccc1O2. The standard InChI is InChI=1S/C22H29N3O4/c1-15(20(27)23-16-7-3-2-4-8-16)25-14-13-22(12-11-19(25)26)24-21(28)17-9-5-6-10-18(17)29-22/h5-6,9-10,15-16H,2-4,7-8,11-14H2,1H3,(H,23,27)(H,24,28)/t15-,22+/m1/s1. The van der Waals surface area contributed by atoms with Crippen molar-refractivity contribution < 1.29 is 19.1 Å². The third-order valence-corrected chi connectivity index (χ3v) is 6.40. The molecule has 3 amide bonds. The number of hydrogen-bond donors (Lipinski definition) is 2. The monoisotopic (exact) mass is 399 g/mol. The van der Waals surface area contributed by atoms with E-state index in [1.807, 2.05) is 6.07 Å². The van der Waals surface area contributed by atoms with Crippen LogP contribution in [0.3, 0.4) is 0 Å². The zero-order valence-electron chi connectivity index (χ0n) is 16.9. The van der Waals surface area contributed by atoms with E-state index in [-0.39, 0.29) is 30.2 Å². The number of rotatable bonds is 3. The van der Waals surface area contributed by atoms with Crippen LogP contribution in [-0.2, 0) is 9.59 Å². The first kappa shape index (κ1) is 19.7. The quantitative estimate of drug-likeness (QED) is 0.817. The smallest absolute Gasteiger partial charge is 0.258 e. The Morgan fingerprint density at radius 2 is 1.97 bits per heavy atom. The van der Waals surface area contributed by atoms with Crippen molar-refractivity contribution in [2.45, 2.75) is 76.1 Å². The first-order chi connectivity index (χ1) is 14.0. The van der Waals surface area contributed by atoms with Crippen LogP contribution in [0.25, 0.3) is 0 Å². The molecular formula is C22H29N3O4. The highest BCUT2D eigenvalue weighted by atomic mass is 16.5. The van der Waals surface area contributed by atoms with Crippen molar-refractivity contribution in [2.75, 3.05) is 6.54 Å². The fourth-order valence-electron chi connectivity index (χ4n) is 4.60. The lowest BCUT2D eigenvalue weighted by atomic mass is 9.95. The molecule has 4 rings (SSSR count). The number of fused-ring (bicyclic) bond motifs is 1. The summed E-state index contributed by atoms with van der Waals surface area (Å²) in [6, 6.07) is 6.81. The van der Waals surface area contributed by atoms with Gasteiger partial charge in [0.25, 0.3) is 5.91 Å². The van der Waals surface area contributed by atoms with Crippen molar-refractivity contribution in [3.8, 4) is 5.75 Å². The number of nitrogens with zero attached hydrogens (tertiary/aromatic N) is 1. The zero-order valence-corrected chi connectivity index (χ0v) is 16.9. The van der Waals surface area contributed by atoms with Crippen LogP contribution >= 0.6 is 0 Å². The topological polar surface area (TPSA) is 87.7 Å². The van der Waals surface area contributed by atoms with Gasteiger partial charge in [0.1, 0.15) is 11.8 Å². The van der Waals surface area contributed by atoms with Crippen LogP contribution in [0.15, 0.2) is 24.3 Å². The van der Waals surface area contributed by atoms with Gasteiger partial charge in [-0.3, -0.25) is 14.4 Å². The van der Waals surface area contributed by atoms with Crippen LogP contribution in [0.1, 0.15) is 68.6 Å². The highest BCUT2D eigenvalue weighted by Crippen LogP contribution is 2.34. The van der Waals surface area contributed by atoms with Gasteiger partial charge in [0, 0.05) is 31.8 Å². The number of benzene rings is 1. The molecule has 2 aliphatic heterocycles. The lowest BCUT2D eigenvalue weighted by Crippen LogP contribution is -2.56. The molecule has 1 aliphatic carbocycles. The Kier molecular flexibility index (Phi) is 5.48. The number of ether oxygens (including phenoxy) is 1. The van der Waals surface area contributed by atoms with E-state index in [1.165, 1.54) is 6.42 Å². The van der Waals surface area contributed by atoms with Crippen LogP contribution in [-0.4, -0.2) is 47.0 Å². The second-order valence-corrected chi connectivity index (χ2v) is 8.40. The van der Waals surface area contributed by atoms with Crippen LogP contribution in [0.2, 0.25) is 0 Å². The molecule has 0 aromatic heterocycles. The molecule has 2 fully saturated rings. The van der Waals surface area contributed by atoms with Crippen molar-refractivity contribution in [3.05, 3.63) is 29.8 Å². The number of likely N-dealkylation sites (tertiary alicyclic amines) is 1. The first-order valence-electron chi connectivity index (χ1n) is 10.7. The molecule has 0 radical (unpaired) electrons. The second-order valence-electron chi connectivity index (χ2n) is 8.40. The van der Waals surface area contributed by atoms with Gasteiger partial charge < -0.3 is 20.3 Å². The van der Waals surface area contributed by atoms with E-state index in [1.54, 1.807) is 30.0 Å². The highest BCUT2D eigenvalue weighted by Gasteiger charge is 2.43. The Bertz CT molecular complexity index is 805. The Morgan fingerprint density at radius 1 is 1.21 bits per heavy atom. The van der Waals surface area contributed by atoms with E-state index in [0.717, 1.165) is 25.7 Å². The van der Waals surface area contributed by atoms with E-state index in [2.05, 4.69) is 10.6 Å². The largest absolute Gasteiger partial charge is 0.467 e. The molecule has 2 atom stereocenters. The fraction of sp³-hybridized carbons (Fsp3) is 0.591. The van der Waals surface area contributed by atoms with Crippen LogP contribution in [0.5, 0.6) is 5.75 Å². The molecule has 1 saturated carbocycles. The fourth-order valence-corrected chi connectivity index (χ4v) is 4.60. The van der Waals surface area contributed by atoms with E-state index < -0.39 is 11.8 Å². The molecule has 0 unspecified atom stereocenters. The predicted molar refractivity (Wildman–Crippen MR) is 107 cm³/mol. The van der Waals surface area contributed by atoms with Gasteiger partial charge in [0.05, 0.1) is 5.56 Å². The van der Waals surface area contributed by atoms with Crippen molar-refractivity contribution in [2.24, 2.45) is 0 Å². The van der Waals surface area contributed by atoms with Crippen molar-refractivity contribution >= 4 is 17.7 Å². The molecule has 7 heteroatoms. The minimum atomic E-state index is -0.907. The molecule has 3 aliphatic rings. The Labute approximate surface area is 171 Å². The number of para-hydroxylation sites is 1. The van der Waals surface area contributed by atoms with Gasteiger partial charge in [-0.05, 0) is 31.9 Å². The zero-order chi connectivity index (χ0) is 20.4. The number of amides is 3. The summed E-state index contributed by atoms with van der Waals surface area (Å²) in [4.78, 5) is 39.7. The van der Waals surface area contributed by atoms with Crippen molar-refractivity contribution in [1.82, 2.24) is 15.5 Å². The molecule has 2 heterocycles. The van der Waals surface area contributed by atoms with Gasteiger partial charge in [-0.2, -0.15) is 0 Å². The molecule has 1 aromatic carbocycles. The lowest BCUT2D eigenvalue weighted by Gasteiger charge is -2.38. The average Bonchev–Trinajstić information content (AvgIpc) is 2.87. The van der Waals surface area contributed by atoms with Gasteiger partial charge in [0.2, 0.25) is 11.8 Å². The first-order valence-corrected chi connectivity index (χ1v) is 10.7. The molecule has 2 N–H and O–H groups in total. The summed E-state index contributed by atoms with van der Waals surface area (Å²) in [5.74, 6) is 0.182. The lowest BCUT2D eigenvalue weighted by molar-refractivity contribution is -0.139. The third kappa shape index (κ3) is 4.09. The number of nitrogens with one attached hydrogen (secondary N) is 2. The molecular weight excluding hydrogens is 370 g/mol. The number of carbonyl (C=O) groups is 3. The Hall–Kier alpha value is -2.57. The minimum Gasteiger partial charge on any atom is -0.467 e. The van der Waals surface area contributed by atoms with E-state index in [9.17, 15) is 14.4 Å². The van der Waals surface area contributed by atoms with Crippen LogP contribution in [0.4, 0.5) is 0 Å². The summed E-state index contributed by atoms with van der Waals surface area (Å²) >= 11 is 0. The van der Waals surface area contributed by atoms with E-state index in [4.69, 9.17) is 4.74 Å². The van der Waals surface area contributed by atoms with Gasteiger partial charge in [-0.25, -0.2) is 0 Å². The molecule has 1 spiro atoms. The minimum absolute atomic E-state index is 0.0788. The van der Waals surface area contributed by atoms with Crippen molar-refractivity contribution in [3.63, 3.8) is 0 Å². The maximum atomic E-state index is 12.8.